The Morgan fingerprint density at radius 1 is 0.850 bits per heavy atom. The van der Waals surface area contributed by atoms with Crippen molar-refractivity contribution in [3.8, 4) is 0 Å². The van der Waals surface area contributed by atoms with Crippen LogP contribution < -0.4 is 5.73 Å². The lowest BCUT2D eigenvalue weighted by molar-refractivity contribution is 0.137. The molecule has 0 spiro atoms. The summed E-state index contributed by atoms with van der Waals surface area (Å²) >= 11 is 0. The van der Waals surface area contributed by atoms with Crippen LogP contribution in [0, 0.1) is 5.41 Å². The molecular formula is C15H32N2O3. The molecule has 0 atom stereocenters. The fourth-order valence-electron chi connectivity index (χ4n) is 1.98. The smallest absolute Gasteiger partial charge is 0.450 e. The number of hydrogen-bond donors (Lipinski definition) is 4. The predicted molar refractivity (Wildman–Crippen MR) is 83.6 cm³/mol. The number of nitrogens with two attached hydrogens (primary N) is 1. The zero-order chi connectivity index (χ0) is 15.6. The summed E-state index contributed by atoms with van der Waals surface area (Å²) < 4.78 is 0. The van der Waals surface area contributed by atoms with E-state index in [4.69, 9.17) is 26.2 Å². The average molecular weight is 288 g/mol. The van der Waals surface area contributed by atoms with Crippen molar-refractivity contribution in [3.05, 3.63) is 0 Å². The highest BCUT2D eigenvalue weighted by Gasteiger charge is 1.93. The summed E-state index contributed by atoms with van der Waals surface area (Å²) in [6.07, 6.45) is 13.8. The molecule has 5 heteroatoms. The van der Waals surface area contributed by atoms with Crippen LogP contribution in [0.15, 0.2) is 0 Å². The van der Waals surface area contributed by atoms with Crippen LogP contribution in [0.4, 0.5) is 4.79 Å². The summed E-state index contributed by atoms with van der Waals surface area (Å²) in [6, 6.07) is 0. The molecule has 0 bridgehead atoms. The van der Waals surface area contributed by atoms with Crippen LogP contribution in [0.5, 0.6) is 0 Å². The largest absolute Gasteiger partial charge is 0.503 e. The lowest BCUT2D eigenvalue weighted by Crippen LogP contribution is -2.08. The standard InChI is InChI=1S/C14H30N2.CH2O3/c1-2-3-4-5-6-7-8-9-10-11-12-13-14(15)16;2-1(3)4/h2-13H2,1H3,(H3,15,16);(H2,2,3,4). The Morgan fingerprint density at radius 2 is 1.15 bits per heavy atom. The van der Waals surface area contributed by atoms with Gasteiger partial charge >= 0.3 is 6.16 Å². The lowest BCUT2D eigenvalue weighted by Gasteiger charge is -2.02. The second kappa shape index (κ2) is 17.7. The Morgan fingerprint density at radius 3 is 1.45 bits per heavy atom. The van der Waals surface area contributed by atoms with Gasteiger partial charge < -0.3 is 15.9 Å². The van der Waals surface area contributed by atoms with E-state index in [1.807, 2.05) is 0 Å². The molecule has 0 radical (unpaired) electrons. The van der Waals surface area contributed by atoms with Crippen molar-refractivity contribution < 1.29 is 15.0 Å². The maximum atomic E-state index is 8.56. The molecule has 0 aromatic rings. The van der Waals surface area contributed by atoms with Crippen molar-refractivity contribution in [2.24, 2.45) is 5.73 Å². The highest BCUT2D eigenvalue weighted by molar-refractivity contribution is 5.76. The molecule has 5 nitrogen and oxygen atoms in total. The van der Waals surface area contributed by atoms with Crippen LogP contribution in [0.25, 0.3) is 0 Å². The maximum Gasteiger partial charge on any atom is 0.503 e. The number of nitrogens with one attached hydrogen (secondary N) is 1. The SMILES string of the molecule is CCCCCCCCCCCCCC(=N)N.O=C(O)O. The summed E-state index contributed by atoms with van der Waals surface area (Å²) in [5, 5.41) is 21.0. The van der Waals surface area contributed by atoms with Crippen LogP contribution in [-0.4, -0.2) is 22.2 Å². The first kappa shape index (κ1) is 21.0. The van der Waals surface area contributed by atoms with Gasteiger partial charge in [0.15, 0.2) is 0 Å². The Kier molecular flexibility index (Phi) is 18.7. The number of amidine groups is 1. The van der Waals surface area contributed by atoms with E-state index in [0.29, 0.717) is 5.84 Å². The number of rotatable bonds is 12. The van der Waals surface area contributed by atoms with Crippen LogP contribution in [0.3, 0.4) is 0 Å². The van der Waals surface area contributed by atoms with Crippen molar-refractivity contribution in [2.75, 3.05) is 0 Å². The van der Waals surface area contributed by atoms with E-state index in [1.54, 1.807) is 0 Å². The number of unbranched alkanes of at least 4 members (excludes halogenated alkanes) is 10. The molecule has 120 valence electrons. The topological polar surface area (TPSA) is 107 Å². The monoisotopic (exact) mass is 288 g/mol. The summed E-state index contributed by atoms with van der Waals surface area (Å²) in [7, 11) is 0. The van der Waals surface area contributed by atoms with E-state index < -0.39 is 6.16 Å². The molecule has 0 heterocycles. The lowest BCUT2D eigenvalue weighted by atomic mass is 10.1. The van der Waals surface area contributed by atoms with Crippen LogP contribution in [-0.2, 0) is 0 Å². The number of hydrogen-bond acceptors (Lipinski definition) is 2. The van der Waals surface area contributed by atoms with Gasteiger partial charge in [-0.15, -0.1) is 0 Å². The second-order valence-corrected chi connectivity index (χ2v) is 5.09. The van der Waals surface area contributed by atoms with Crippen molar-refractivity contribution in [2.45, 2.75) is 84.0 Å². The summed E-state index contributed by atoms with van der Waals surface area (Å²) in [5.41, 5.74) is 5.30. The molecule has 0 amide bonds. The number of carbonyl (C=O) groups is 1. The Labute approximate surface area is 123 Å². The van der Waals surface area contributed by atoms with Crippen LogP contribution in [0.1, 0.15) is 84.0 Å². The third-order valence-electron chi connectivity index (χ3n) is 3.05. The zero-order valence-electron chi connectivity index (χ0n) is 12.9. The third kappa shape index (κ3) is 30.1. The first-order valence-corrected chi connectivity index (χ1v) is 7.75. The van der Waals surface area contributed by atoms with Crippen LogP contribution in [0.2, 0.25) is 0 Å². The quantitative estimate of drug-likeness (QED) is 0.234. The van der Waals surface area contributed by atoms with Gasteiger partial charge in [-0.2, -0.15) is 0 Å². The molecule has 0 saturated heterocycles. The summed E-state index contributed by atoms with van der Waals surface area (Å²) in [4.78, 5) is 8.56. The van der Waals surface area contributed by atoms with Gasteiger partial charge in [0, 0.05) is 6.42 Å². The van der Waals surface area contributed by atoms with Crippen molar-refractivity contribution >= 4 is 12.0 Å². The van der Waals surface area contributed by atoms with Gasteiger partial charge in [0.25, 0.3) is 0 Å². The predicted octanol–water partition coefficient (Wildman–Crippen LogP) is 4.85. The molecule has 20 heavy (non-hydrogen) atoms. The van der Waals surface area contributed by atoms with E-state index in [-0.39, 0.29) is 0 Å². The van der Waals surface area contributed by atoms with Crippen molar-refractivity contribution in [3.63, 3.8) is 0 Å². The molecule has 0 aliphatic carbocycles. The molecule has 5 N–H and O–H groups in total. The van der Waals surface area contributed by atoms with Crippen molar-refractivity contribution in [1.82, 2.24) is 0 Å². The normalized spacial score (nSPS) is 9.65. The molecule has 0 fully saturated rings. The van der Waals surface area contributed by atoms with E-state index in [1.165, 1.54) is 64.2 Å². The molecule has 0 aromatic carbocycles. The zero-order valence-corrected chi connectivity index (χ0v) is 12.9. The van der Waals surface area contributed by atoms with Gasteiger partial charge in [-0.3, -0.25) is 5.41 Å². The highest BCUT2D eigenvalue weighted by atomic mass is 16.6. The summed E-state index contributed by atoms with van der Waals surface area (Å²) in [6.45, 7) is 2.26. The molecule has 0 aromatic heterocycles. The number of carboxylic acid groups (broad SMARTS) is 2. The van der Waals surface area contributed by atoms with Gasteiger partial charge in [0.05, 0.1) is 5.84 Å². The fraction of sp³-hybridized carbons (Fsp3) is 0.867. The van der Waals surface area contributed by atoms with Gasteiger partial charge in [0.2, 0.25) is 0 Å². The van der Waals surface area contributed by atoms with Crippen molar-refractivity contribution in [1.29, 1.82) is 5.41 Å². The maximum absolute atomic E-state index is 8.56. The molecule has 0 saturated carbocycles. The van der Waals surface area contributed by atoms with Gasteiger partial charge in [0.1, 0.15) is 0 Å². The molecule has 0 rings (SSSR count). The average Bonchev–Trinajstić information content (AvgIpc) is 2.35. The Bertz CT molecular complexity index is 229. The van der Waals surface area contributed by atoms with E-state index in [0.717, 1.165) is 12.8 Å². The first-order chi connectivity index (χ1) is 9.50. The molecule has 0 aliphatic rings. The van der Waals surface area contributed by atoms with E-state index in [2.05, 4.69) is 6.92 Å². The van der Waals surface area contributed by atoms with Crippen LogP contribution >= 0.6 is 0 Å². The van der Waals surface area contributed by atoms with Gasteiger partial charge in [-0.1, -0.05) is 71.1 Å². The first-order valence-electron chi connectivity index (χ1n) is 7.75. The summed E-state index contributed by atoms with van der Waals surface area (Å²) in [5.74, 6) is 0.343. The third-order valence-corrected chi connectivity index (χ3v) is 3.05. The minimum absolute atomic E-state index is 0.343. The minimum Gasteiger partial charge on any atom is -0.450 e. The van der Waals surface area contributed by atoms with Gasteiger partial charge in [-0.25, -0.2) is 4.79 Å². The van der Waals surface area contributed by atoms with Gasteiger partial charge in [-0.05, 0) is 6.42 Å². The highest BCUT2D eigenvalue weighted by Crippen LogP contribution is 2.11. The molecule has 0 unspecified atom stereocenters. The van der Waals surface area contributed by atoms with E-state index >= 15 is 0 Å². The Balaban J connectivity index is 0. The van der Waals surface area contributed by atoms with E-state index in [9.17, 15) is 0 Å². The minimum atomic E-state index is -1.83. The molecular weight excluding hydrogens is 256 g/mol. The second-order valence-electron chi connectivity index (χ2n) is 5.09. The Hall–Kier alpha value is -1.26. The fourth-order valence-corrected chi connectivity index (χ4v) is 1.98. The molecule has 0 aliphatic heterocycles.